The summed E-state index contributed by atoms with van der Waals surface area (Å²) in [6.07, 6.45) is 2.30. The highest BCUT2D eigenvalue weighted by atomic mass is 16.2. The molecule has 0 aliphatic carbocycles. The third-order valence-corrected chi connectivity index (χ3v) is 3.60. The molecule has 1 rings (SSSR count). The summed E-state index contributed by atoms with van der Waals surface area (Å²) in [6, 6.07) is -0.421. The smallest absolute Gasteiger partial charge is 0.273 e. The van der Waals surface area contributed by atoms with Crippen LogP contribution in [0.5, 0.6) is 0 Å². The zero-order valence-electron chi connectivity index (χ0n) is 11.0. The maximum atomic E-state index is 12.3. The summed E-state index contributed by atoms with van der Waals surface area (Å²) in [4.78, 5) is 37.3. The van der Waals surface area contributed by atoms with Crippen molar-refractivity contribution in [2.75, 3.05) is 20.6 Å². The van der Waals surface area contributed by atoms with Crippen molar-refractivity contribution in [1.82, 2.24) is 4.90 Å². The molecule has 1 heterocycles. The molecule has 17 heavy (non-hydrogen) atoms. The summed E-state index contributed by atoms with van der Waals surface area (Å²) in [5.41, 5.74) is 0. The number of carbonyl (C=O) groups is 3. The number of quaternary nitrogens is 1. The minimum absolute atomic E-state index is 0.256. The standard InChI is InChI=1S/C12H21N2O3/c1-5-7-8-9-10(15)13(3)12(17)14(4,6-2)11(9)16/h9H,5-8H2,1-4H3/q+1. The number of urea groups is 1. The number of nitrogens with zero attached hydrogens (tertiary/aromatic N) is 2. The van der Waals surface area contributed by atoms with Crippen LogP contribution in [0.15, 0.2) is 0 Å². The van der Waals surface area contributed by atoms with Gasteiger partial charge >= 0.3 is 11.9 Å². The second-order valence-electron chi connectivity index (χ2n) is 4.72. The van der Waals surface area contributed by atoms with Gasteiger partial charge in [-0.05, 0) is 13.3 Å². The van der Waals surface area contributed by atoms with Crippen LogP contribution in [-0.4, -0.2) is 47.9 Å². The number of hydrogen-bond donors (Lipinski definition) is 0. The van der Waals surface area contributed by atoms with Crippen LogP contribution < -0.4 is 0 Å². The van der Waals surface area contributed by atoms with Gasteiger partial charge in [-0.1, -0.05) is 19.8 Å². The van der Waals surface area contributed by atoms with E-state index in [0.29, 0.717) is 13.0 Å². The Labute approximate surface area is 102 Å². The molecule has 4 amide bonds. The van der Waals surface area contributed by atoms with E-state index in [4.69, 9.17) is 0 Å². The Morgan fingerprint density at radius 2 is 1.82 bits per heavy atom. The Morgan fingerprint density at radius 3 is 2.29 bits per heavy atom. The minimum Gasteiger partial charge on any atom is -0.273 e. The average Bonchev–Trinajstić information content (AvgIpc) is 2.34. The van der Waals surface area contributed by atoms with E-state index in [1.54, 1.807) is 14.0 Å². The van der Waals surface area contributed by atoms with Crippen molar-refractivity contribution in [2.45, 2.75) is 33.1 Å². The molecule has 1 aliphatic heterocycles. The van der Waals surface area contributed by atoms with Crippen LogP contribution in [0.4, 0.5) is 4.79 Å². The normalized spacial score (nSPS) is 30.0. The molecule has 0 bridgehead atoms. The molecule has 0 aromatic carbocycles. The maximum absolute atomic E-state index is 12.3. The predicted octanol–water partition coefficient (Wildman–Crippen LogP) is 1.38. The summed E-state index contributed by atoms with van der Waals surface area (Å²) < 4.78 is -0.295. The lowest BCUT2D eigenvalue weighted by atomic mass is 9.96. The van der Waals surface area contributed by atoms with Gasteiger partial charge in [-0.2, -0.15) is 4.48 Å². The van der Waals surface area contributed by atoms with Crippen LogP contribution in [-0.2, 0) is 9.59 Å². The van der Waals surface area contributed by atoms with E-state index in [1.165, 1.54) is 7.05 Å². The van der Waals surface area contributed by atoms with Crippen LogP contribution in [0.2, 0.25) is 0 Å². The van der Waals surface area contributed by atoms with E-state index in [1.807, 2.05) is 6.92 Å². The van der Waals surface area contributed by atoms with Gasteiger partial charge in [0, 0.05) is 7.05 Å². The summed E-state index contributed by atoms with van der Waals surface area (Å²) in [6.45, 7) is 4.19. The van der Waals surface area contributed by atoms with E-state index in [0.717, 1.165) is 17.7 Å². The van der Waals surface area contributed by atoms with Gasteiger partial charge in [0.1, 0.15) is 0 Å². The van der Waals surface area contributed by atoms with Crippen LogP contribution >= 0.6 is 0 Å². The van der Waals surface area contributed by atoms with E-state index >= 15 is 0 Å². The molecular formula is C12H21N2O3+. The van der Waals surface area contributed by atoms with Crippen LogP contribution in [0.25, 0.3) is 0 Å². The maximum Gasteiger partial charge on any atom is 0.432 e. The average molecular weight is 241 g/mol. The Morgan fingerprint density at radius 1 is 1.24 bits per heavy atom. The second-order valence-corrected chi connectivity index (χ2v) is 4.72. The van der Waals surface area contributed by atoms with Gasteiger partial charge < -0.3 is 0 Å². The minimum atomic E-state index is -0.650. The van der Waals surface area contributed by atoms with E-state index < -0.39 is 11.9 Å². The molecule has 0 aromatic heterocycles. The highest BCUT2D eigenvalue weighted by molar-refractivity contribution is 6.10. The Bertz CT molecular complexity index is 354. The summed E-state index contributed by atoms with van der Waals surface area (Å²) in [5, 5.41) is 0. The summed E-state index contributed by atoms with van der Waals surface area (Å²) >= 11 is 0. The Kier molecular flexibility index (Phi) is 4.03. The van der Waals surface area contributed by atoms with E-state index in [-0.39, 0.29) is 16.3 Å². The molecule has 1 fully saturated rings. The fourth-order valence-electron chi connectivity index (χ4n) is 2.15. The first-order valence-electron chi connectivity index (χ1n) is 6.12. The van der Waals surface area contributed by atoms with Crippen molar-refractivity contribution in [2.24, 2.45) is 5.92 Å². The number of imide groups is 2. The number of unbranched alkanes of at least 4 members (excludes halogenated alkanes) is 1. The van der Waals surface area contributed by atoms with Crippen molar-refractivity contribution in [3.8, 4) is 0 Å². The van der Waals surface area contributed by atoms with Gasteiger partial charge in [0.15, 0.2) is 5.92 Å². The zero-order valence-corrected chi connectivity index (χ0v) is 11.0. The molecule has 5 nitrogen and oxygen atoms in total. The summed E-state index contributed by atoms with van der Waals surface area (Å²) in [7, 11) is 3.05. The second kappa shape index (κ2) is 4.96. The molecular weight excluding hydrogens is 220 g/mol. The molecule has 96 valence electrons. The van der Waals surface area contributed by atoms with Crippen molar-refractivity contribution in [3.05, 3.63) is 0 Å². The highest BCUT2D eigenvalue weighted by Gasteiger charge is 2.54. The molecule has 1 aliphatic rings. The first kappa shape index (κ1) is 13.8. The monoisotopic (exact) mass is 241 g/mol. The van der Waals surface area contributed by atoms with Crippen molar-refractivity contribution < 1.29 is 18.9 Å². The number of rotatable bonds is 4. The molecule has 5 heteroatoms. The molecule has 0 N–H and O–H groups in total. The SMILES string of the molecule is CCCCC1C(=O)N(C)C(=O)[N+](C)(CC)C1=O. The van der Waals surface area contributed by atoms with Gasteiger partial charge in [-0.15, -0.1) is 0 Å². The van der Waals surface area contributed by atoms with E-state index in [9.17, 15) is 14.4 Å². The molecule has 0 radical (unpaired) electrons. The predicted molar refractivity (Wildman–Crippen MR) is 62.9 cm³/mol. The van der Waals surface area contributed by atoms with Crippen molar-refractivity contribution >= 4 is 17.8 Å². The van der Waals surface area contributed by atoms with Crippen LogP contribution in [0.1, 0.15) is 33.1 Å². The fraction of sp³-hybridized carbons (Fsp3) is 0.750. The van der Waals surface area contributed by atoms with Gasteiger partial charge in [0.25, 0.3) is 0 Å². The van der Waals surface area contributed by atoms with E-state index in [2.05, 4.69) is 0 Å². The molecule has 1 saturated heterocycles. The molecule has 0 spiro atoms. The topological polar surface area (TPSA) is 54.5 Å². The number of hydrogen-bond acceptors (Lipinski definition) is 3. The summed E-state index contributed by atoms with van der Waals surface area (Å²) in [5.74, 6) is -1.26. The van der Waals surface area contributed by atoms with Crippen LogP contribution in [0, 0.1) is 5.92 Å². The lowest BCUT2D eigenvalue weighted by Gasteiger charge is -2.38. The first-order valence-corrected chi connectivity index (χ1v) is 6.12. The Hall–Kier alpha value is -1.23. The van der Waals surface area contributed by atoms with Gasteiger partial charge in [0.05, 0.1) is 13.6 Å². The number of amides is 4. The molecule has 2 atom stereocenters. The van der Waals surface area contributed by atoms with Crippen molar-refractivity contribution in [3.63, 3.8) is 0 Å². The Balaban J connectivity index is 3.04. The van der Waals surface area contributed by atoms with Crippen LogP contribution in [0.3, 0.4) is 0 Å². The first-order chi connectivity index (χ1) is 7.90. The number of carbonyl (C=O) groups excluding carboxylic acids is 3. The largest absolute Gasteiger partial charge is 0.432 e. The molecule has 0 aromatic rings. The molecule has 2 unspecified atom stereocenters. The highest BCUT2D eigenvalue weighted by Crippen LogP contribution is 2.26. The molecule has 0 saturated carbocycles. The van der Waals surface area contributed by atoms with Crippen molar-refractivity contribution in [1.29, 1.82) is 0 Å². The van der Waals surface area contributed by atoms with Gasteiger partial charge in [-0.25, -0.2) is 14.5 Å². The third kappa shape index (κ3) is 2.11. The van der Waals surface area contributed by atoms with Gasteiger partial charge in [-0.3, -0.25) is 4.79 Å². The fourth-order valence-corrected chi connectivity index (χ4v) is 2.15. The van der Waals surface area contributed by atoms with Gasteiger partial charge in [0.2, 0.25) is 5.91 Å². The lowest BCUT2D eigenvalue weighted by molar-refractivity contribution is -0.756. The third-order valence-electron chi connectivity index (χ3n) is 3.60. The quantitative estimate of drug-likeness (QED) is 0.552. The lowest BCUT2D eigenvalue weighted by Crippen LogP contribution is -2.67. The zero-order chi connectivity index (χ0) is 13.2. The number of barbiturate groups is 1.